The summed E-state index contributed by atoms with van der Waals surface area (Å²) >= 11 is 0. The molecule has 0 aromatic carbocycles. The molecule has 0 saturated carbocycles. The topological polar surface area (TPSA) is 60.9 Å². The Morgan fingerprint density at radius 3 is 2.78 bits per heavy atom. The Hall–Kier alpha value is -1.70. The van der Waals surface area contributed by atoms with Crippen LogP contribution >= 0.6 is 0 Å². The number of carbonyl (C=O) groups is 2. The van der Waals surface area contributed by atoms with Crippen LogP contribution in [-0.2, 0) is 4.79 Å². The summed E-state index contributed by atoms with van der Waals surface area (Å²) in [4.78, 5) is 25.8. The zero-order valence-corrected chi connectivity index (χ0v) is 10.8. The molecule has 1 aliphatic rings. The minimum Gasteiger partial charge on any atom is -0.480 e. The summed E-state index contributed by atoms with van der Waals surface area (Å²) in [6, 6.07) is -0.260. The van der Waals surface area contributed by atoms with Crippen molar-refractivity contribution in [2.24, 2.45) is 5.92 Å². The maximum atomic E-state index is 12.2. The van der Waals surface area contributed by atoms with Gasteiger partial charge < -0.3 is 14.9 Å². The van der Waals surface area contributed by atoms with Crippen molar-refractivity contribution in [3.05, 3.63) is 0 Å². The van der Waals surface area contributed by atoms with Crippen LogP contribution < -0.4 is 0 Å². The summed E-state index contributed by atoms with van der Waals surface area (Å²) in [5.41, 5.74) is 0. The number of carboxylic acid groups (broad SMARTS) is 1. The highest BCUT2D eigenvalue weighted by molar-refractivity contribution is 5.80. The Morgan fingerprint density at radius 1 is 1.44 bits per heavy atom. The van der Waals surface area contributed by atoms with Crippen molar-refractivity contribution in [1.29, 1.82) is 0 Å². The molecule has 1 saturated heterocycles. The Kier molecular flexibility index (Phi) is 5.50. The van der Waals surface area contributed by atoms with Crippen LogP contribution in [-0.4, -0.2) is 53.1 Å². The molecule has 1 fully saturated rings. The number of hydrogen-bond acceptors (Lipinski definition) is 2. The summed E-state index contributed by atoms with van der Waals surface area (Å²) in [5, 5.41) is 8.77. The van der Waals surface area contributed by atoms with Crippen LogP contribution in [0.25, 0.3) is 0 Å². The number of nitrogens with zero attached hydrogens (tertiary/aromatic N) is 2. The summed E-state index contributed by atoms with van der Waals surface area (Å²) in [7, 11) is 0. The number of amides is 2. The average molecular weight is 252 g/mol. The molecular weight excluding hydrogens is 232 g/mol. The van der Waals surface area contributed by atoms with Gasteiger partial charge in [-0.2, -0.15) is 0 Å². The number of aliphatic carboxylic acids is 1. The van der Waals surface area contributed by atoms with Crippen molar-refractivity contribution in [2.45, 2.75) is 26.2 Å². The molecule has 0 aromatic heterocycles. The first-order valence-corrected chi connectivity index (χ1v) is 6.23. The molecule has 18 heavy (non-hydrogen) atoms. The molecule has 1 rings (SSSR count). The molecular formula is C13H20N2O3. The third kappa shape index (κ3) is 4.28. The van der Waals surface area contributed by atoms with Gasteiger partial charge in [-0.15, -0.1) is 6.42 Å². The van der Waals surface area contributed by atoms with E-state index in [0.29, 0.717) is 19.0 Å². The number of carbonyl (C=O) groups excluding carboxylic acids is 1. The Bertz CT molecular complexity index is 349. The molecule has 1 heterocycles. The number of hydrogen-bond donors (Lipinski definition) is 1. The fraction of sp³-hybridized carbons (Fsp3) is 0.692. The van der Waals surface area contributed by atoms with E-state index in [1.165, 1.54) is 4.90 Å². The lowest BCUT2D eigenvalue weighted by atomic mass is 10.0. The van der Waals surface area contributed by atoms with Crippen molar-refractivity contribution in [1.82, 2.24) is 9.80 Å². The van der Waals surface area contributed by atoms with E-state index in [1.807, 2.05) is 0 Å². The van der Waals surface area contributed by atoms with Gasteiger partial charge in [0.2, 0.25) is 0 Å². The van der Waals surface area contributed by atoms with Gasteiger partial charge in [0.1, 0.15) is 6.54 Å². The van der Waals surface area contributed by atoms with E-state index in [9.17, 15) is 9.59 Å². The van der Waals surface area contributed by atoms with Crippen molar-refractivity contribution in [3.8, 4) is 12.3 Å². The number of urea groups is 1. The molecule has 0 radical (unpaired) electrons. The van der Waals surface area contributed by atoms with E-state index < -0.39 is 5.97 Å². The Morgan fingerprint density at radius 2 is 2.17 bits per heavy atom. The lowest BCUT2D eigenvalue weighted by Gasteiger charge is -2.27. The largest absolute Gasteiger partial charge is 0.480 e. The SMILES string of the molecule is C#CCN(CC(=O)O)C(=O)N1CCCC(C)CC1. The molecule has 1 N–H and O–H groups in total. The zero-order chi connectivity index (χ0) is 13.5. The maximum absolute atomic E-state index is 12.2. The van der Waals surface area contributed by atoms with Crippen LogP contribution in [0.15, 0.2) is 0 Å². The first-order chi connectivity index (χ1) is 8.54. The first kappa shape index (κ1) is 14.4. The summed E-state index contributed by atoms with van der Waals surface area (Å²) in [5.74, 6) is 1.91. The van der Waals surface area contributed by atoms with Gasteiger partial charge in [0.25, 0.3) is 0 Å². The van der Waals surface area contributed by atoms with E-state index in [4.69, 9.17) is 11.5 Å². The highest BCUT2D eigenvalue weighted by Gasteiger charge is 2.24. The Balaban J connectivity index is 2.63. The number of likely N-dealkylation sites (tertiary alicyclic amines) is 1. The molecule has 5 nitrogen and oxygen atoms in total. The van der Waals surface area contributed by atoms with Gasteiger partial charge in [0.15, 0.2) is 0 Å². The third-order valence-electron chi connectivity index (χ3n) is 3.17. The van der Waals surface area contributed by atoms with Gasteiger partial charge in [-0.25, -0.2) is 4.79 Å². The quantitative estimate of drug-likeness (QED) is 0.769. The van der Waals surface area contributed by atoms with Crippen molar-refractivity contribution in [3.63, 3.8) is 0 Å². The van der Waals surface area contributed by atoms with Crippen LogP contribution in [0.5, 0.6) is 0 Å². The van der Waals surface area contributed by atoms with E-state index in [-0.39, 0.29) is 19.1 Å². The Labute approximate surface area is 108 Å². The van der Waals surface area contributed by atoms with E-state index in [1.54, 1.807) is 4.90 Å². The summed E-state index contributed by atoms with van der Waals surface area (Å²) < 4.78 is 0. The molecule has 2 amide bonds. The molecule has 0 spiro atoms. The number of rotatable bonds is 3. The fourth-order valence-electron chi connectivity index (χ4n) is 2.12. The van der Waals surface area contributed by atoms with Crippen LogP contribution in [0.2, 0.25) is 0 Å². The van der Waals surface area contributed by atoms with Crippen LogP contribution in [0, 0.1) is 18.3 Å². The minimum absolute atomic E-state index is 0.0389. The standard InChI is InChI=1S/C13H20N2O3/c1-3-7-15(10-12(16)17)13(18)14-8-4-5-11(2)6-9-14/h1,11H,4-10H2,2H3,(H,16,17). The smallest absolute Gasteiger partial charge is 0.323 e. The van der Waals surface area contributed by atoms with Gasteiger partial charge in [-0.1, -0.05) is 12.8 Å². The third-order valence-corrected chi connectivity index (χ3v) is 3.17. The molecule has 1 atom stereocenters. The molecule has 1 aliphatic heterocycles. The predicted octanol–water partition coefficient (Wildman–Crippen LogP) is 1.25. The van der Waals surface area contributed by atoms with Crippen LogP contribution in [0.3, 0.4) is 0 Å². The second-order valence-electron chi connectivity index (χ2n) is 4.76. The van der Waals surface area contributed by atoms with Gasteiger partial charge in [0.05, 0.1) is 6.54 Å². The molecule has 1 unspecified atom stereocenters. The van der Waals surface area contributed by atoms with Gasteiger partial charge >= 0.3 is 12.0 Å². The minimum atomic E-state index is -1.04. The van der Waals surface area contributed by atoms with Crippen molar-refractivity contribution >= 4 is 12.0 Å². The van der Waals surface area contributed by atoms with E-state index >= 15 is 0 Å². The molecule has 0 bridgehead atoms. The second-order valence-corrected chi connectivity index (χ2v) is 4.76. The maximum Gasteiger partial charge on any atom is 0.323 e. The molecule has 0 aliphatic carbocycles. The van der Waals surface area contributed by atoms with Gasteiger partial charge in [-0.05, 0) is 25.2 Å². The van der Waals surface area contributed by atoms with Gasteiger partial charge in [-0.3, -0.25) is 4.79 Å². The van der Waals surface area contributed by atoms with Crippen molar-refractivity contribution in [2.75, 3.05) is 26.2 Å². The molecule has 100 valence electrons. The predicted molar refractivity (Wildman–Crippen MR) is 68.0 cm³/mol. The lowest BCUT2D eigenvalue weighted by Crippen LogP contribution is -2.46. The lowest BCUT2D eigenvalue weighted by molar-refractivity contribution is -0.137. The van der Waals surface area contributed by atoms with E-state index in [2.05, 4.69) is 12.8 Å². The monoisotopic (exact) mass is 252 g/mol. The van der Waals surface area contributed by atoms with Crippen molar-refractivity contribution < 1.29 is 14.7 Å². The zero-order valence-electron chi connectivity index (χ0n) is 10.8. The molecule has 5 heteroatoms. The van der Waals surface area contributed by atoms with Crippen LogP contribution in [0.1, 0.15) is 26.2 Å². The second kappa shape index (κ2) is 6.90. The van der Waals surface area contributed by atoms with E-state index in [0.717, 1.165) is 19.3 Å². The fourth-order valence-corrected chi connectivity index (χ4v) is 2.12. The number of terminal acetylenes is 1. The number of carboxylic acids is 1. The average Bonchev–Trinajstić information content (AvgIpc) is 2.52. The highest BCUT2D eigenvalue weighted by atomic mass is 16.4. The summed E-state index contributed by atoms with van der Waals surface area (Å²) in [6.07, 6.45) is 8.20. The van der Waals surface area contributed by atoms with Crippen LogP contribution in [0.4, 0.5) is 4.79 Å². The van der Waals surface area contributed by atoms with Gasteiger partial charge in [0, 0.05) is 13.1 Å². The highest BCUT2D eigenvalue weighted by Crippen LogP contribution is 2.17. The summed E-state index contributed by atoms with van der Waals surface area (Å²) in [6.45, 7) is 3.24. The normalized spacial score (nSPS) is 19.8. The molecule has 0 aromatic rings. The first-order valence-electron chi connectivity index (χ1n) is 6.23.